The fourth-order valence-electron chi connectivity index (χ4n) is 2.27. The summed E-state index contributed by atoms with van der Waals surface area (Å²) in [6.07, 6.45) is 0.950. The number of rotatable bonds is 6. The number of nitrogens with one attached hydrogen (secondary N) is 2. The summed E-state index contributed by atoms with van der Waals surface area (Å²) in [5, 5.41) is 4.02. The standard InChI is InChI=1S/C18H18N2OS/c21-18(17-13-14-7-4-5-10-16(14)20-17)19-11-6-12-22-15-8-2-1-3-9-15/h1-5,7-10,13,20H,6,11-12H2,(H,19,21). The molecule has 2 N–H and O–H groups in total. The first-order valence-corrected chi connectivity index (χ1v) is 8.35. The molecule has 3 rings (SSSR count). The third kappa shape index (κ3) is 3.71. The van der Waals surface area contributed by atoms with E-state index in [1.54, 1.807) is 0 Å². The molecule has 0 bridgehead atoms. The summed E-state index contributed by atoms with van der Waals surface area (Å²) >= 11 is 1.81. The molecule has 1 aromatic heterocycles. The molecule has 2 aromatic carbocycles. The maximum Gasteiger partial charge on any atom is 0.267 e. The molecular formula is C18H18N2OS. The van der Waals surface area contributed by atoms with E-state index in [0.717, 1.165) is 23.1 Å². The number of amides is 1. The molecule has 0 radical (unpaired) electrons. The summed E-state index contributed by atoms with van der Waals surface area (Å²) in [5.74, 6) is 0.956. The topological polar surface area (TPSA) is 44.9 Å². The molecule has 3 nitrogen and oxygen atoms in total. The van der Waals surface area contributed by atoms with Crippen LogP contribution in [0.3, 0.4) is 0 Å². The second-order valence-corrected chi connectivity index (χ2v) is 6.21. The van der Waals surface area contributed by atoms with Crippen LogP contribution in [0.4, 0.5) is 0 Å². The van der Waals surface area contributed by atoms with E-state index in [2.05, 4.69) is 22.4 Å². The zero-order valence-electron chi connectivity index (χ0n) is 12.2. The van der Waals surface area contributed by atoms with E-state index in [1.165, 1.54) is 4.90 Å². The predicted molar refractivity (Wildman–Crippen MR) is 92.4 cm³/mol. The minimum absolute atomic E-state index is 0.0408. The summed E-state index contributed by atoms with van der Waals surface area (Å²) in [7, 11) is 0. The molecule has 3 aromatic rings. The maximum atomic E-state index is 12.1. The number of thioether (sulfide) groups is 1. The minimum atomic E-state index is -0.0408. The molecule has 1 heterocycles. The highest BCUT2D eigenvalue weighted by Crippen LogP contribution is 2.17. The monoisotopic (exact) mass is 310 g/mol. The van der Waals surface area contributed by atoms with E-state index in [0.29, 0.717) is 12.2 Å². The Bertz CT molecular complexity index is 719. The highest BCUT2D eigenvalue weighted by molar-refractivity contribution is 7.99. The normalized spacial score (nSPS) is 10.7. The number of carbonyl (C=O) groups excluding carboxylic acids is 1. The largest absolute Gasteiger partial charge is 0.351 e. The van der Waals surface area contributed by atoms with E-state index < -0.39 is 0 Å². The van der Waals surface area contributed by atoms with Crippen LogP contribution in [0.1, 0.15) is 16.9 Å². The Morgan fingerprint density at radius 1 is 1.05 bits per heavy atom. The van der Waals surface area contributed by atoms with Crippen LogP contribution in [-0.4, -0.2) is 23.2 Å². The van der Waals surface area contributed by atoms with Crippen molar-refractivity contribution in [2.24, 2.45) is 0 Å². The van der Waals surface area contributed by atoms with E-state index in [1.807, 2.05) is 60.3 Å². The molecule has 0 aliphatic heterocycles. The second-order valence-electron chi connectivity index (χ2n) is 5.04. The highest BCUT2D eigenvalue weighted by atomic mass is 32.2. The summed E-state index contributed by atoms with van der Waals surface area (Å²) in [4.78, 5) is 16.5. The van der Waals surface area contributed by atoms with Crippen molar-refractivity contribution < 1.29 is 4.79 Å². The smallest absolute Gasteiger partial charge is 0.267 e. The Balaban J connectivity index is 1.44. The van der Waals surface area contributed by atoms with Gasteiger partial charge in [-0.25, -0.2) is 0 Å². The highest BCUT2D eigenvalue weighted by Gasteiger charge is 2.08. The van der Waals surface area contributed by atoms with E-state index in [-0.39, 0.29) is 5.91 Å². The number of hydrogen-bond donors (Lipinski definition) is 2. The van der Waals surface area contributed by atoms with Gasteiger partial charge in [-0.3, -0.25) is 4.79 Å². The van der Waals surface area contributed by atoms with E-state index >= 15 is 0 Å². The van der Waals surface area contributed by atoms with Crippen LogP contribution in [0, 0.1) is 0 Å². The van der Waals surface area contributed by atoms with Gasteiger partial charge in [0.05, 0.1) is 0 Å². The van der Waals surface area contributed by atoms with Crippen LogP contribution < -0.4 is 5.32 Å². The Morgan fingerprint density at radius 2 is 1.82 bits per heavy atom. The van der Waals surface area contributed by atoms with Crippen molar-refractivity contribution in [2.75, 3.05) is 12.3 Å². The first-order chi connectivity index (χ1) is 10.8. The molecule has 0 saturated heterocycles. The van der Waals surface area contributed by atoms with Crippen LogP contribution in [-0.2, 0) is 0 Å². The lowest BCUT2D eigenvalue weighted by atomic mass is 10.2. The van der Waals surface area contributed by atoms with Crippen molar-refractivity contribution in [3.05, 3.63) is 66.4 Å². The van der Waals surface area contributed by atoms with Crippen molar-refractivity contribution in [3.8, 4) is 0 Å². The molecule has 0 aliphatic carbocycles. The van der Waals surface area contributed by atoms with Crippen molar-refractivity contribution in [2.45, 2.75) is 11.3 Å². The number of aromatic amines is 1. The Labute approximate surface area is 134 Å². The van der Waals surface area contributed by atoms with Crippen LogP contribution in [0.25, 0.3) is 10.9 Å². The Morgan fingerprint density at radius 3 is 2.64 bits per heavy atom. The van der Waals surface area contributed by atoms with Crippen molar-refractivity contribution in [3.63, 3.8) is 0 Å². The van der Waals surface area contributed by atoms with E-state index in [9.17, 15) is 4.79 Å². The van der Waals surface area contributed by atoms with Gasteiger partial charge in [-0.1, -0.05) is 36.4 Å². The number of carbonyl (C=O) groups is 1. The second kappa shape index (κ2) is 7.18. The number of benzene rings is 2. The lowest BCUT2D eigenvalue weighted by Crippen LogP contribution is -2.25. The van der Waals surface area contributed by atoms with Gasteiger partial charge in [0.1, 0.15) is 5.69 Å². The summed E-state index contributed by atoms with van der Waals surface area (Å²) in [5.41, 5.74) is 1.61. The number of H-pyrrole nitrogens is 1. The molecule has 1 amide bonds. The SMILES string of the molecule is O=C(NCCCSc1ccccc1)c1cc2ccccc2[nH]1. The lowest BCUT2D eigenvalue weighted by Gasteiger charge is -2.04. The fourth-order valence-corrected chi connectivity index (χ4v) is 3.15. The van der Waals surface area contributed by atoms with Gasteiger partial charge in [-0.05, 0) is 36.4 Å². The molecule has 4 heteroatoms. The average Bonchev–Trinajstić information content (AvgIpc) is 2.99. The molecule has 0 spiro atoms. The third-order valence-corrected chi connectivity index (χ3v) is 4.49. The lowest BCUT2D eigenvalue weighted by molar-refractivity contribution is 0.0949. The summed E-state index contributed by atoms with van der Waals surface area (Å²) in [6.45, 7) is 0.689. The van der Waals surface area contributed by atoms with Crippen molar-refractivity contribution in [1.82, 2.24) is 10.3 Å². The summed E-state index contributed by atoms with van der Waals surface area (Å²) in [6, 6.07) is 20.1. The summed E-state index contributed by atoms with van der Waals surface area (Å²) < 4.78 is 0. The predicted octanol–water partition coefficient (Wildman–Crippen LogP) is 4.08. The molecule has 22 heavy (non-hydrogen) atoms. The quantitative estimate of drug-likeness (QED) is 0.532. The number of aromatic nitrogens is 1. The Hall–Kier alpha value is -2.20. The van der Waals surface area contributed by atoms with Crippen LogP contribution in [0.2, 0.25) is 0 Å². The van der Waals surface area contributed by atoms with Gasteiger partial charge in [-0.15, -0.1) is 11.8 Å². The average molecular weight is 310 g/mol. The molecular weight excluding hydrogens is 292 g/mol. The van der Waals surface area contributed by atoms with Crippen LogP contribution in [0.5, 0.6) is 0 Å². The van der Waals surface area contributed by atoms with Crippen molar-refractivity contribution in [1.29, 1.82) is 0 Å². The van der Waals surface area contributed by atoms with Crippen molar-refractivity contribution >= 4 is 28.6 Å². The van der Waals surface area contributed by atoms with Crippen LogP contribution >= 0.6 is 11.8 Å². The number of fused-ring (bicyclic) bond motifs is 1. The van der Waals surface area contributed by atoms with Gasteiger partial charge in [0.2, 0.25) is 0 Å². The minimum Gasteiger partial charge on any atom is -0.351 e. The first-order valence-electron chi connectivity index (χ1n) is 7.37. The zero-order valence-corrected chi connectivity index (χ0v) is 13.0. The number of hydrogen-bond acceptors (Lipinski definition) is 2. The molecule has 0 unspecified atom stereocenters. The van der Waals surface area contributed by atoms with Gasteiger partial charge < -0.3 is 10.3 Å². The van der Waals surface area contributed by atoms with Crippen LogP contribution in [0.15, 0.2) is 65.6 Å². The molecule has 0 aliphatic rings. The molecule has 0 fully saturated rings. The van der Waals surface area contributed by atoms with Gasteiger partial charge in [-0.2, -0.15) is 0 Å². The molecule has 0 atom stereocenters. The van der Waals surface area contributed by atoms with Gasteiger partial charge in [0, 0.05) is 22.3 Å². The maximum absolute atomic E-state index is 12.1. The fraction of sp³-hybridized carbons (Fsp3) is 0.167. The Kier molecular flexibility index (Phi) is 4.81. The first kappa shape index (κ1) is 14.7. The third-order valence-electron chi connectivity index (χ3n) is 3.39. The zero-order chi connectivity index (χ0) is 15.2. The number of para-hydroxylation sites is 1. The van der Waals surface area contributed by atoms with Gasteiger partial charge >= 0.3 is 0 Å². The van der Waals surface area contributed by atoms with Gasteiger partial charge in [0.25, 0.3) is 5.91 Å². The van der Waals surface area contributed by atoms with E-state index in [4.69, 9.17) is 0 Å². The molecule has 112 valence electrons. The van der Waals surface area contributed by atoms with Gasteiger partial charge in [0.15, 0.2) is 0 Å². The molecule has 0 saturated carbocycles.